The van der Waals surface area contributed by atoms with Gasteiger partial charge < -0.3 is 0 Å². The van der Waals surface area contributed by atoms with Gasteiger partial charge in [-0.15, -0.1) is 0 Å². The molecule has 0 amide bonds. The summed E-state index contributed by atoms with van der Waals surface area (Å²) in [6.07, 6.45) is 2.27. The van der Waals surface area contributed by atoms with Crippen LogP contribution in [0.4, 0.5) is 0 Å². The van der Waals surface area contributed by atoms with Gasteiger partial charge in [0.25, 0.3) is 0 Å². The first-order valence-electron chi connectivity index (χ1n) is 8.96. The van der Waals surface area contributed by atoms with Gasteiger partial charge in [0.1, 0.15) is 0 Å². The Labute approximate surface area is 154 Å². The van der Waals surface area contributed by atoms with E-state index in [9.17, 15) is 0 Å². The molecule has 0 aromatic heterocycles. The molecule has 128 valence electrons. The zero-order valence-corrected chi connectivity index (χ0v) is 17.5. The molecule has 0 aliphatic carbocycles. The SMILES string of the molecule is CC(C)c1cc(C(C)C)c([Se]/C=C/c2ccccc2)c(C(C)C)c1. The molecule has 0 nitrogen and oxygen atoms in total. The first kappa shape index (κ1) is 19.0. The standard InChI is InChI=1S/C23H30Se/c1-16(2)20-14-21(17(3)4)23(22(15-20)18(5)6)24-13-12-19-10-8-7-9-11-19/h7-18H,1-6H3/b13-12+. The van der Waals surface area contributed by atoms with E-state index in [1.54, 1.807) is 15.6 Å². The molecule has 0 saturated carbocycles. The Bertz CT molecular complexity index is 649. The molecule has 0 fully saturated rings. The van der Waals surface area contributed by atoms with Crippen molar-refractivity contribution < 1.29 is 0 Å². The topological polar surface area (TPSA) is 0 Å². The van der Waals surface area contributed by atoms with Crippen LogP contribution in [0.1, 0.15) is 81.5 Å². The van der Waals surface area contributed by atoms with Gasteiger partial charge in [-0.05, 0) is 0 Å². The van der Waals surface area contributed by atoms with E-state index >= 15 is 0 Å². The van der Waals surface area contributed by atoms with Gasteiger partial charge in [0, 0.05) is 0 Å². The van der Waals surface area contributed by atoms with Crippen LogP contribution in [0.25, 0.3) is 6.08 Å². The van der Waals surface area contributed by atoms with E-state index in [2.05, 4.69) is 95.1 Å². The summed E-state index contributed by atoms with van der Waals surface area (Å²) in [5, 5.41) is 0. The van der Waals surface area contributed by atoms with Crippen LogP contribution in [0.3, 0.4) is 0 Å². The van der Waals surface area contributed by atoms with E-state index in [4.69, 9.17) is 0 Å². The van der Waals surface area contributed by atoms with Crippen LogP contribution >= 0.6 is 0 Å². The summed E-state index contributed by atoms with van der Waals surface area (Å²) in [5.41, 5.74) is 5.86. The van der Waals surface area contributed by atoms with Gasteiger partial charge in [-0.3, -0.25) is 0 Å². The van der Waals surface area contributed by atoms with Crippen LogP contribution < -0.4 is 4.46 Å². The molecule has 2 rings (SSSR count). The van der Waals surface area contributed by atoms with Crippen LogP contribution in [0.15, 0.2) is 47.4 Å². The number of benzene rings is 2. The third kappa shape index (κ3) is 4.85. The van der Waals surface area contributed by atoms with E-state index in [1.807, 2.05) is 0 Å². The second-order valence-corrected chi connectivity index (χ2v) is 9.25. The molecule has 1 heteroatoms. The fourth-order valence-corrected chi connectivity index (χ4v) is 5.34. The van der Waals surface area contributed by atoms with Crippen molar-refractivity contribution in [2.24, 2.45) is 0 Å². The van der Waals surface area contributed by atoms with E-state index < -0.39 is 0 Å². The van der Waals surface area contributed by atoms with Crippen LogP contribution in [0, 0.1) is 0 Å². The number of hydrogen-bond donors (Lipinski definition) is 0. The third-order valence-electron chi connectivity index (χ3n) is 4.33. The molecule has 0 radical (unpaired) electrons. The first-order valence-corrected chi connectivity index (χ1v) is 10.8. The minimum absolute atomic E-state index is 0.366. The van der Waals surface area contributed by atoms with Crippen molar-refractivity contribution >= 4 is 25.5 Å². The second kappa shape index (κ2) is 8.70. The number of hydrogen-bond acceptors (Lipinski definition) is 0. The summed E-state index contributed by atoms with van der Waals surface area (Å²) in [4.78, 5) is 2.38. The summed E-state index contributed by atoms with van der Waals surface area (Å²) in [6, 6.07) is 15.5. The Kier molecular flexibility index (Phi) is 6.89. The Morgan fingerprint density at radius 2 is 1.29 bits per heavy atom. The molecule has 2 aromatic rings. The van der Waals surface area contributed by atoms with Crippen molar-refractivity contribution in [3.63, 3.8) is 0 Å². The summed E-state index contributed by atoms with van der Waals surface area (Å²) < 4.78 is 1.59. The summed E-state index contributed by atoms with van der Waals surface area (Å²) >= 11 is 0.366. The van der Waals surface area contributed by atoms with Gasteiger partial charge in [0.15, 0.2) is 0 Å². The Hall–Kier alpha value is -1.30. The van der Waals surface area contributed by atoms with Crippen LogP contribution in [0.5, 0.6) is 0 Å². The van der Waals surface area contributed by atoms with Crippen LogP contribution in [0.2, 0.25) is 0 Å². The van der Waals surface area contributed by atoms with Gasteiger partial charge in [-0.1, -0.05) is 0 Å². The fourth-order valence-electron chi connectivity index (χ4n) is 2.77. The molecule has 2 aromatic carbocycles. The van der Waals surface area contributed by atoms with E-state index in [0.29, 0.717) is 32.7 Å². The first-order chi connectivity index (χ1) is 11.4. The quantitative estimate of drug-likeness (QED) is 0.531. The monoisotopic (exact) mass is 386 g/mol. The van der Waals surface area contributed by atoms with E-state index in [-0.39, 0.29) is 0 Å². The van der Waals surface area contributed by atoms with Gasteiger partial charge in [0.2, 0.25) is 0 Å². The maximum absolute atomic E-state index is 2.45. The molecular formula is C23H30Se. The summed E-state index contributed by atoms with van der Waals surface area (Å²) in [7, 11) is 0. The molecular weight excluding hydrogens is 355 g/mol. The molecule has 0 saturated heterocycles. The zero-order valence-electron chi connectivity index (χ0n) is 15.8. The van der Waals surface area contributed by atoms with Crippen molar-refractivity contribution in [3.05, 3.63) is 69.7 Å². The summed E-state index contributed by atoms with van der Waals surface area (Å²) in [6.45, 7) is 13.9. The molecule has 0 unspecified atom stereocenters. The Balaban J connectivity index is 2.41. The zero-order chi connectivity index (χ0) is 17.7. The predicted molar refractivity (Wildman–Crippen MR) is 110 cm³/mol. The molecule has 24 heavy (non-hydrogen) atoms. The second-order valence-electron chi connectivity index (χ2n) is 7.32. The van der Waals surface area contributed by atoms with Gasteiger partial charge in [-0.2, -0.15) is 0 Å². The molecule has 0 aliphatic heterocycles. The number of rotatable bonds is 6. The average molecular weight is 385 g/mol. The predicted octanol–water partition coefficient (Wildman–Crippen LogP) is 6.06. The molecule has 0 atom stereocenters. The van der Waals surface area contributed by atoms with Crippen molar-refractivity contribution in [3.8, 4) is 0 Å². The van der Waals surface area contributed by atoms with Gasteiger partial charge in [0.05, 0.1) is 0 Å². The van der Waals surface area contributed by atoms with Gasteiger partial charge in [-0.25, -0.2) is 0 Å². The van der Waals surface area contributed by atoms with E-state index in [0.717, 1.165) is 0 Å². The summed E-state index contributed by atoms with van der Waals surface area (Å²) in [5.74, 6) is 1.73. The van der Waals surface area contributed by atoms with E-state index in [1.165, 1.54) is 11.1 Å². The van der Waals surface area contributed by atoms with Crippen LogP contribution in [-0.4, -0.2) is 15.0 Å². The average Bonchev–Trinajstić information content (AvgIpc) is 2.55. The van der Waals surface area contributed by atoms with Crippen molar-refractivity contribution in [2.45, 2.75) is 59.3 Å². The fraction of sp³-hybridized carbons (Fsp3) is 0.391. The van der Waals surface area contributed by atoms with Crippen molar-refractivity contribution in [2.75, 3.05) is 0 Å². The Morgan fingerprint density at radius 1 is 0.750 bits per heavy atom. The molecule has 0 heterocycles. The Morgan fingerprint density at radius 3 is 1.75 bits per heavy atom. The van der Waals surface area contributed by atoms with Gasteiger partial charge >= 0.3 is 154 Å². The molecule has 0 spiro atoms. The molecule has 0 aliphatic rings. The third-order valence-corrected chi connectivity index (χ3v) is 6.38. The minimum atomic E-state index is 0.366. The molecule has 0 N–H and O–H groups in total. The molecule has 0 bridgehead atoms. The van der Waals surface area contributed by atoms with Crippen molar-refractivity contribution in [1.82, 2.24) is 0 Å². The maximum atomic E-state index is 2.45. The van der Waals surface area contributed by atoms with Crippen molar-refractivity contribution in [1.29, 1.82) is 0 Å². The normalized spacial score (nSPS) is 12.0. The van der Waals surface area contributed by atoms with Crippen LogP contribution in [-0.2, 0) is 0 Å².